The highest BCUT2D eigenvalue weighted by molar-refractivity contribution is 5.90. The Bertz CT molecular complexity index is 1170. The van der Waals surface area contributed by atoms with E-state index < -0.39 is 5.91 Å². The molecule has 0 aliphatic rings. The van der Waals surface area contributed by atoms with Gasteiger partial charge in [0.25, 0.3) is 5.91 Å². The summed E-state index contributed by atoms with van der Waals surface area (Å²) >= 11 is 0. The van der Waals surface area contributed by atoms with Crippen molar-refractivity contribution in [3.63, 3.8) is 0 Å². The first-order valence-electron chi connectivity index (χ1n) is 10.8. The molecule has 1 amide bonds. The van der Waals surface area contributed by atoms with Gasteiger partial charge in [0.05, 0.1) is 31.1 Å². The van der Waals surface area contributed by atoms with Crippen LogP contribution in [-0.4, -0.2) is 38.3 Å². The first-order chi connectivity index (χ1) is 15.6. The first-order valence-corrected chi connectivity index (χ1v) is 10.8. The molecule has 32 heavy (non-hydrogen) atoms. The van der Waals surface area contributed by atoms with Gasteiger partial charge in [0.15, 0.2) is 0 Å². The zero-order chi connectivity index (χ0) is 22.3. The number of ether oxygens (including phenoxy) is 1. The fraction of sp³-hybridized carbons (Fsp3) is 0.280. The summed E-state index contributed by atoms with van der Waals surface area (Å²) < 4.78 is 9.89. The largest absolute Gasteiger partial charge is 0.494 e. The van der Waals surface area contributed by atoms with Crippen molar-refractivity contribution in [2.45, 2.75) is 31.8 Å². The minimum atomic E-state index is -0.576. The average molecular weight is 433 g/mol. The number of amides is 1. The number of nitrogens with two attached hydrogens (primary N) is 1. The molecular formula is C25H28N4O3. The van der Waals surface area contributed by atoms with E-state index >= 15 is 0 Å². The molecule has 7 heteroatoms. The Morgan fingerprint density at radius 1 is 1.16 bits per heavy atom. The number of benzene rings is 2. The second-order valence-corrected chi connectivity index (χ2v) is 7.86. The van der Waals surface area contributed by atoms with Gasteiger partial charge < -0.3 is 24.7 Å². The summed E-state index contributed by atoms with van der Waals surface area (Å²) in [6, 6.07) is 18.4. The number of hydrogen-bond donors (Lipinski definition) is 2. The quantitative estimate of drug-likeness (QED) is 0.354. The predicted octanol–water partition coefficient (Wildman–Crippen LogP) is 3.57. The summed E-state index contributed by atoms with van der Waals surface area (Å²) in [6.45, 7) is 1.32. The zero-order valence-corrected chi connectivity index (χ0v) is 17.9. The topological polar surface area (TPSA) is 95.3 Å². The van der Waals surface area contributed by atoms with Gasteiger partial charge in [-0.15, -0.1) is 0 Å². The second kappa shape index (κ2) is 10.2. The lowest BCUT2D eigenvalue weighted by atomic mass is 10.1. The van der Waals surface area contributed by atoms with Crippen molar-refractivity contribution >= 4 is 16.8 Å². The van der Waals surface area contributed by atoms with Crippen molar-refractivity contribution in [1.29, 1.82) is 0 Å². The monoisotopic (exact) mass is 432 g/mol. The Morgan fingerprint density at radius 3 is 2.75 bits per heavy atom. The third kappa shape index (κ3) is 5.18. The Morgan fingerprint density at radius 2 is 2.00 bits per heavy atom. The van der Waals surface area contributed by atoms with Gasteiger partial charge in [-0.25, -0.2) is 4.98 Å². The highest BCUT2D eigenvalue weighted by Crippen LogP contribution is 2.24. The normalized spacial score (nSPS) is 12.2. The number of carbonyl (C=O) groups is 1. The number of aliphatic hydroxyl groups is 1. The summed E-state index contributed by atoms with van der Waals surface area (Å²) in [4.78, 5) is 15.3. The maximum absolute atomic E-state index is 11.3. The Hall–Kier alpha value is -3.58. The summed E-state index contributed by atoms with van der Waals surface area (Å²) in [5.74, 6) is 0.276. The summed E-state index contributed by atoms with van der Waals surface area (Å²) in [5, 5.41) is 11.0. The maximum Gasteiger partial charge on any atom is 0.268 e. The van der Waals surface area contributed by atoms with E-state index in [1.165, 1.54) is 11.9 Å². The van der Waals surface area contributed by atoms with Gasteiger partial charge in [0.2, 0.25) is 0 Å². The van der Waals surface area contributed by atoms with E-state index in [1.807, 2.05) is 18.3 Å². The van der Waals surface area contributed by atoms with Gasteiger partial charge in [-0.2, -0.15) is 0 Å². The number of hydrogen-bond acceptors (Lipinski definition) is 4. The van der Waals surface area contributed by atoms with Gasteiger partial charge in [0, 0.05) is 25.0 Å². The lowest BCUT2D eigenvalue weighted by molar-refractivity contribution is 0.0995. The fourth-order valence-electron chi connectivity index (χ4n) is 3.85. The summed E-state index contributed by atoms with van der Waals surface area (Å²) in [6.07, 6.45) is 7.79. The average Bonchev–Trinajstić information content (AvgIpc) is 3.46. The zero-order valence-electron chi connectivity index (χ0n) is 17.9. The molecule has 0 aliphatic heterocycles. The minimum Gasteiger partial charge on any atom is -0.494 e. The van der Waals surface area contributed by atoms with Crippen LogP contribution in [0.2, 0.25) is 0 Å². The number of aliphatic hydroxyl groups excluding tert-OH is 1. The number of fused-ring (bicyclic) bond motifs is 1. The van der Waals surface area contributed by atoms with Crippen molar-refractivity contribution in [3.8, 4) is 5.75 Å². The number of aryl methyl sites for hydroxylation is 2. The highest BCUT2D eigenvalue weighted by atomic mass is 16.5. The molecule has 7 nitrogen and oxygen atoms in total. The number of imidazole rings is 1. The van der Waals surface area contributed by atoms with Crippen LogP contribution in [0, 0.1) is 0 Å². The lowest BCUT2D eigenvalue weighted by Crippen LogP contribution is -2.15. The van der Waals surface area contributed by atoms with Crippen LogP contribution >= 0.6 is 0 Å². The molecule has 0 spiro atoms. The molecule has 4 rings (SSSR count). The van der Waals surface area contributed by atoms with E-state index in [2.05, 4.69) is 52.0 Å². The smallest absolute Gasteiger partial charge is 0.268 e. The first kappa shape index (κ1) is 21.6. The Kier molecular flexibility index (Phi) is 6.87. The molecule has 0 fully saturated rings. The van der Waals surface area contributed by atoms with Crippen LogP contribution in [0.3, 0.4) is 0 Å². The third-order valence-electron chi connectivity index (χ3n) is 5.66. The number of nitrogens with zero attached hydrogens (tertiary/aromatic N) is 3. The Labute approximate surface area is 187 Å². The van der Waals surface area contributed by atoms with E-state index in [9.17, 15) is 9.90 Å². The van der Waals surface area contributed by atoms with Gasteiger partial charge in [-0.1, -0.05) is 30.3 Å². The molecule has 0 radical (unpaired) electrons. The molecule has 2 aromatic heterocycles. The highest BCUT2D eigenvalue weighted by Gasteiger charge is 2.14. The van der Waals surface area contributed by atoms with Crippen molar-refractivity contribution in [2.75, 3.05) is 13.2 Å². The van der Waals surface area contributed by atoms with Crippen LogP contribution in [-0.2, 0) is 13.0 Å². The van der Waals surface area contributed by atoms with E-state index in [4.69, 9.17) is 10.5 Å². The van der Waals surface area contributed by atoms with Crippen LogP contribution in [0.15, 0.2) is 73.3 Å². The van der Waals surface area contributed by atoms with Gasteiger partial charge in [0.1, 0.15) is 11.4 Å². The summed E-state index contributed by atoms with van der Waals surface area (Å²) in [5.41, 5.74) is 7.88. The molecule has 2 heterocycles. The van der Waals surface area contributed by atoms with Crippen molar-refractivity contribution in [3.05, 3.63) is 84.6 Å². The molecule has 4 aromatic rings. The van der Waals surface area contributed by atoms with Crippen LogP contribution < -0.4 is 10.5 Å². The molecule has 3 N–H and O–H groups in total. The number of primary amides is 1. The van der Waals surface area contributed by atoms with Crippen molar-refractivity contribution < 1.29 is 14.6 Å². The van der Waals surface area contributed by atoms with Crippen LogP contribution in [0.4, 0.5) is 0 Å². The SMILES string of the molecule is NC(=O)c1cn(C(CO)CCn2ccc3ccc(OCCCc4ccccc4)cc32)cn1. The minimum absolute atomic E-state index is 0.0520. The van der Waals surface area contributed by atoms with E-state index in [-0.39, 0.29) is 18.3 Å². The number of rotatable bonds is 11. The van der Waals surface area contributed by atoms with Crippen LogP contribution in [0.25, 0.3) is 10.9 Å². The van der Waals surface area contributed by atoms with Crippen molar-refractivity contribution in [1.82, 2.24) is 14.1 Å². The van der Waals surface area contributed by atoms with Gasteiger partial charge in [-0.05, 0) is 48.4 Å². The molecule has 1 unspecified atom stereocenters. The molecule has 0 saturated carbocycles. The molecule has 166 valence electrons. The van der Waals surface area contributed by atoms with E-state index in [0.717, 1.165) is 29.5 Å². The molecule has 2 aromatic carbocycles. The number of carbonyl (C=O) groups excluding carboxylic acids is 1. The van der Waals surface area contributed by atoms with E-state index in [0.29, 0.717) is 19.6 Å². The molecule has 0 saturated heterocycles. The molecule has 1 atom stereocenters. The lowest BCUT2D eigenvalue weighted by Gasteiger charge is -2.16. The van der Waals surface area contributed by atoms with Gasteiger partial charge >= 0.3 is 0 Å². The van der Waals surface area contributed by atoms with Crippen LogP contribution in [0.5, 0.6) is 5.75 Å². The van der Waals surface area contributed by atoms with Gasteiger partial charge in [-0.3, -0.25) is 4.79 Å². The summed E-state index contributed by atoms with van der Waals surface area (Å²) in [7, 11) is 0. The third-order valence-corrected chi connectivity index (χ3v) is 5.66. The van der Waals surface area contributed by atoms with Crippen LogP contribution in [0.1, 0.15) is 34.9 Å². The fourth-order valence-corrected chi connectivity index (χ4v) is 3.85. The molecule has 0 aliphatic carbocycles. The van der Waals surface area contributed by atoms with Crippen molar-refractivity contribution in [2.24, 2.45) is 5.73 Å². The standard InChI is InChI=1S/C25H28N4O3/c26-25(31)23-16-29(18-27-23)21(17-30)11-13-28-12-10-20-8-9-22(15-24(20)28)32-14-4-7-19-5-2-1-3-6-19/h1-3,5-6,8-10,12,15-16,18,21,30H,4,7,11,13-14,17H2,(H2,26,31). The molecular weight excluding hydrogens is 404 g/mol. The molecule has 0 bridgehead atoms. The maximum atomic E-state index is 11.3. The number of aromatic nitrogens is 3. The Balaban J connectivity index is 1.36. The second-order valence-electron chi connectivity index (χ2n) is 7.86. The van der Waals surface area contributed by atoms with E-state index in [1.54, 1.807) is 10.8 Å². The predicted molar refractivity (Wildman–Crippen MR) is 124 cm³/mol.